The number of amides is 1. The molecule has 0 radical (unpaired) electrons. The van der Waals surface area contributed by atoms with E-state index in [1.807, 2.05) is 13.8 Å². The van der Waals surface area contributed by atoms with Crippen LogP contribution in [-0.2, 0) is 38.2 Å². The largest absolute Gasteiger partial charge is 0.507 e. The average molecular weight is 1030 g/mol. The number of hydrogen-bond donors (Lipinski definition) is 4. The molecule has 6 rings (SSSR count). The van der Waals surface area contributed by atoms with Gasteiger partial charge in [-0.3, -0.25) is 38.7 Å². The van der Waals surface area contributed by atoms with Crippen LogP contribution >= 0.6 is 0 Å². The first kappa shape index (κ1) is 58.3. The zero-order valence-electron chi connectivity index (χ0n) is 44.3. The van der Waals surface area contributed by atoms with Gasteiger partial charge in [-0.25, -0.2) is 0 Å². The number of fused-ring (bicyclic) bond motifs is 14. The number of hydrazone groups is 1. The molecule has 1 amide bonds. The van der Waals surface area contributed by atoms with E-state index in [0.29, 0.717) is 51.1 Å². The number of esters is 1. The zero-order chi connectivity index (χ0) is 55.1. The average Bonchev–Trinajstić information content (AvgIpc) is 3.62. The number of carbonyl (C=O) groups excluding carboxylic acids is 8. The summed E-state index contributed by atoms with van der Waals surface area (Å²) in [6.45, 7) is 24.1. The summed E-state index contributed by atoms with van der Waals surface area (Å²) in [5.74, 6) is -10.6. The summed E-state index contributed by atoms with van der Waals surface area (Å²) < 4.78 is 23.7. The van der Waals surface area contributed by atoms with Crippen molar-refractivity contribution in [2.24, 2.45) is 46.0 Å². The number of rotatable bonds is 14. The van der Waals surface area contributed by atoms with Crippen molar-refractivity contribution in [1.29, 1.82) is 0 Å². The van der Waals surface area contributed by atoms with E-state index >= 15 is 0 Å². The van der Waals surface area contributed by atoms with E-state index in [-0.39, 0.29) is 53.3 Å². The van der Waals surface area contributed by atoms with E-state index in [2.05, 4.69) is 21.9 Å². The van der Waals surface area contributed by atoms with Gasteiger partial charge in [0.05, 0.1) is 58.6 Å². The van der Waals surface area contributed by atoms with E-state index in [4.69, 9.17) is 18.9 Å². The Labute approximate surface area is 432 Å². The van der Waals surface area contributed by atoms with E-state index in [0.717, 1.165) is 6.21 Å². The van der Waals surface area contributed by atoms with Crippen LogP contribution in [0.2, 0.25) is 0 Å². The van der Waals surface area contributed by atoms with Crippen molar-refractivity contribution in [3.05, 3.63) is 82.0 Å². The van der Waals surface area contributed by atoms with Gasteiger partial charge in [-0.05, 0) is 31.8 Å². The van der Waals surface area contributed by atoms with Crippen molar-refractivity contribution in [3.8, 4) is 11.5 Å². The van der Waals surface area contributed by atoms with Gasteiger partial charge in [-0.2, -0.15) is 5.10 Å². The number of nitrogens with one attached hydrogen (secondary N) is 1. The number of phenolic OH excluding ortho intramolecular Hbond substituents is 1. The molecule has 1 aromatic rings. The number of benzene rings is 1. The molecule has 4 N–H and O–H groups in total. The summed E-state index contributed by atoms with van der Waals surface area (Å²) in [5.41, 5.74) is -2.99. The number of nitrogens with zero attached hydrogens (tertiary/aromatic N) is 3. The minimum absolute atomic E-state index is 0.0326. The van der Waals surface area contributed by atoms with Gasteiger partial charge in [0, 0.05) is 93.7 Å². The fraction of sp³-hybridized carbons (Fsp3) is 0.545. The van der Waals surface area contributed by atoms with Gasteiger partial charge in [-0.1, -0.05) is 73.3 Å². The molecule has 19 heteroatoms. The molecular weight excluding hydrogens is 957 g/mol. The molecule has 402 valence electrons. The first-order valence-corrected chi connectivity index (χ1v) is 25.0. The maximum absolute atomic E-state index is 14.9. The molecule has 5 bridgehead atoms. The highest BCUT2D eigenvalue weighted by atomic mass is 16.7. The molecule has 0 unspecified atom stereocenters. The third-order valence-corrected chi connectivity index (χ3v) is 14.7. The third-order valence-electron chi connectivity index (χ3n) is 14.7. The van der Waals surface area contributed by atoms with Crippen molar-refractivity contribution >= 4 is 53.8 Å². The second kappa shape index (κ2) is 24.2. The van der Waals surface area contributed by atoms with Crippen molar-refractivity contribution in [1.82, 2.24) is 15.2 Å². The van der Waals surface area contributed by atoms with Crippen LogP contribution < -0.4 is 10.1 Å². The summed E-state index contributed by atoms with van der Waals surface area (Å²) in [7, 11) is 0. The quantitative estimate of drug-likeness (QED) is 0.0618. The van der Waals surface area contributed by atoms with E-state index in [1.165, 1.54) is 40.0 Å². The number of aliphatic hydroxyl groups excluding tert-OH is 2. The van der Waals surface area contributed by atoms with Gasteiger partial charge in [0.15, 0.2) is 5.78 Å². The summed E-state index contributed by atoms with van der Waals surface area (Å²) in [5, 5.41) is 43.4. The minimum atomic E-state index is -2.10. The van der Waals surface area contributed by atoms with Gasteiger partial charge in [0.1, 0.15) is 48.3 Å². The van der Waals surface area contributed by atoms with Crippen LogP contribution in [0.4, 0.5) is 0 Å². The minimum Gasteiger partial charge on any atom is -0.507 e. The number of aliphatic hydroxyl groups is 2. The molecule has 19 nitrogen and oxygen atoms in total. The predicted molar refractivity (Wildman–Crippen MR) is 272 cm³/mol. The van der Waals surface area contributed by atoms with Gasteiger partial charge >= 0.3 is 11.8 Å². The van der Waals surface area contributed by atoms with Crippen LogP contribution in [0.15, 0.2) is 64.8 Å². The number of phenols is 1. The van der Waals surface area contributed by atoms with Crippen molar-refractivity contribution in [2.75, 3.05) is 39.3 Å². The number of aromatic hydroxyl groups is 1. The number of aldehydes is 2. The molecule has 1 saturated heterocycles. The van der Waals surface area contributed by atoms with E-state index in [1.54, 1.807) is 57.9 Å². The second-order valence-corrected chi connectivity index (χ2v) is 20.8. The van der Waals surface area contributed by atoms with E-state index < -0.39 is 117 Å². The van der Waals surface area contributed by atoms with Crippen molar-refractivity contribution < 1.29 is 72.6 Å². The lowest BCUT2D eigenvalue weighted by Crippen LogP contribution is -2.45. The Balaban J connectivity index is 1.45. The van der Waals surface area contributed by atoms with Crippen LogP contribution in [0.1, 0.15) is 119 Å². The van der Waals surface area contributed by atoms with Crippen LogP contribution in [0, 0.1) is 47.8 Å². The number of carbonyl (C=O) groups is 8. The number of piperazine rings is 1. The fourth-order valence-electron chi connectivity index (χ4n) is 9.50. The Hall–Kier alpha value is -6.57. The van der Waals surface area contributed by atoms with Crippen LogP contribution in [-0.4, -0.2) is 142 Å². The topological polar surface area (TPSA) is 265 Å². The standard InChI is InChI=1S/C55H72N4O15/c1-29-16-22-72-55(12)52(69)43-41-42(47(66)36(8)51(43)74-55)49(68)44(57-53(70)31(3)15-13-14-30(2)45(64)34(6)46(65)35(7)50(33(29)5)73-37(9)62)39(48(41)67)26-56-59-19-17-58(18-20-59)21-23-71-32(4)25-54(10,11)40(63)24-38(27-60)28-61/h13-16,22,26-30,33-35,38,45-46,50,64-66H,4,17-21,23-25H2,1-3,5-12H3,(H,57,70)/b14-13+,22-16+,31-15-,56-26+/t29-,30-,33+,34+,35+,45-,46+,50+,55-/m0/s1. The highest BCUT2D eigenvalue weighted by Crippen LogP contribution is 2.48. The van der Waals surface area contributed by atoms with Crippen molar-refractivity contribution in [2.45, 2.75) is 113 Å². The Morgan fingerprint density at radius 1 is 0.932 bits per heavy atom. The molecule has 1 fully saturated rings. The third kappa shape index (κ3) is 12.8. The summed E-state index contributed by atoms with van der Waals surface area (Å²) in [6, 6.07) is 0. The fourth-order valence-corrected chi connectivity index (χ4v) is 9.50. The van der Waals surface area contributed by atoms with Crippen LogP contribution in [0.3, 0.4) is 0 Å². The maximum Gasteiger partial charge on any atom is 0.312 e. The Kier molecular flexibility index (Phi) is 19.1. The molecule has 4 heterocycles. The van der Waals surface area contributed by atoms with E-state index in [9.17, 15) is 53.7 Å². The Bertz CT molecular complexity index is 2560. The number of Topliss-reactive ketones (excluding diaryl/α,β-unsaturated/α-hetero) is 4. The number of hydrogen-bond acceptors (Lipinski definition) is 18. The Morgan fingerprint density at radius 2 is 1.58 bits per heavy atom. The molecule has 5 aliphatic rings. The molecular formula is C55H72N4O15. The summed E-state index contributed by atoms with van der Waals surface area (Å²) in [4.78, 5) is 107. The monoisotopic (exact) mass is 1030 g/mol. The highest BCUT2D eigenvalue weighted by molar-refractivity contribution is 6.37. The van der Waals surface area contributed by atoms with Gasteiger partial charge in [-0.15, -0.1) is 0 Å². The smallest absolute Gasteiger partial charge is 0.312 e. The highest BCUT2D eigenvalue weighted by Gasteiger charge is 2.52. The molecule has 0 saturated carbocycles. The molecule has 4 aliphatic heterocycles. The molecule has 0 aromatic heterocycles. The molecule has 9 atom stereocenters. The summed E-state index contributed by atoms with van der Waals surface area (Å²) in [6.07, 6.45) is 6.51. The lowest BCUT2D eigenvalue weighted by atomic mass is 9.77. The van der Waals surface area contributed by atoms with Crippen LogP contribution in [0.5, 0.6) is 11.5 Å². The predicted octanol–water partition coefficient (Wildman–Crippen LogP) is 5.14. The SMILES string of the molecule is C=C(CC(C)(C)C(=O)CC(C=O)C=O)OCCN1CCN(/N=C/C2=C3NC(=O)/C(C)=C\C=C\[C@H](C)[C@H](O)[C@@H](C)[C@@H](O)[C@@H](C)[C@H](OC(C)=O)[C@H](C)[C@@H](C)/C=C/O[C@@]4(C)Oc5c(C)c(O)c(c(c5C4=O)C2=O)C3=O)CC1. The van der Waals surface area contributed by atoms with Crippen molar-refractivity contribution in [3.63, 3.8) is 0 Å². The van der Waals surface area contributed by atoms with Crippen LogP contribution in [0.25, 0.3) is 0 Å². The number of ether oxygens (including phenoxy) is 4. The zero-order valence-corrected chi connectivity index (χ0v) is 44.3. The molecule has 74 heavy (non-hydrogen) atoms. The second-order valence-electron chi connectivity index (χ2n) is 20.8. The lowest BCUT2D eigenvalue weighted by molar-refractivity contribution is -0.158. The van der Waals surface area contributed by atoms with Gasteiger partial charge in [0.25, 0.3) is 11.7 Å². The van der Waals surface area contributed by atoms with Gasteiger partial charge < -0.3 is 49.2 Å². The Morgan fingerprint density at radius 3 is 2.20 bits per heavy atom. The van der Waals surface area contributed by atoms with Gasteiger partial charge in [0.2, 0.25) is 5.78 Å². The first-order valence-electron chi connectivity index (χ1n) is 25.0. The number of allylic oxidation sites excluding steroid dienone is 6. The number of ketones is 4. The summed E-state index contributed by atoms with van der Waals surface area (Å²) >= 11 is 0. The lowest BCUT2D eigenvalue weighted by Gasteiger charge is -2.37. The first-order chi connectivity index (χ1) is 34.7. The maximum atomic E-state index is 14.9. The molecule has 1 aliphatic carbocycles. The normalized spacial score (nSPS) is 29.0. The molecule has 0 spiro atoms. The molecule has 1 aromatic carbocycles.